The number of ether oxygens (including phenoxy) is 1. The molecule has 0 amide bonds. The molecule has 0 saturated heterocycles. The highest BCUT2D eigenvalue weighted by Crippen LogP contribution is 2.37. The third-order valence-electron chi connectivity index (χ3n) is 4.28. The Morgan fingerprint density at radius 2 is 1.56 bits per heavy atom. The van der Waals surface area contributed by atoms with Crippen LogP contribution in [0, 0.1) is 5.41 Å². The third-order valence-corrected chi connectivity index (χ3v) is 4.28. The molecule has 92 valence electrons. The molecule has 0 bridgehead atoms. The average molecular weight is 224 g/mol. The maximum absolute atomic E-state index is 12.2. The Balaban J connectivity index is 1.85. The topological polar surface area (TPSA) is 26.3 Å². The molecule has 0 aromatic carbocycles. The summed E-state index contributed by atoms with van der Waals surface area (Å²) in [6.45, 7) is 2.09. The SMILES string of the molecule is CC1(C(=O)OC2CCCCC2)CCCCC1. The molecule has 2 saturated carbocycles. The van der Waals surface area contributed by atoms with E-state index >= 15 is 0 Å². The molecule has 2 aliphatic rings. The van der Waals surface area contributed by atoms with Gasteiger partial charge < -0.3 is 4.74 Å². The van der Waals surface area contributed by atoms with Crippen LogP contribution in [0.4, 0.5) is 0 Å². The van der Waals surface area contributed by atoms with Crippen LogP contribution in [0.2, 0.25) is 0 Å². The van der Waals surface area contributed by atoms with Crippen molar-refractivity contribution < 1.29 is 9.53 Å². The van der Waals surface area contributed by atoms with E-state index in [-0.39, 0.29) is 17.5 Å². The summed E-state index contributed by atoms with van der Waals surface area (Å²) in [4.78, 5) is 12.2. The number of esters is 1. The van der Waals surface area contributed by atoms with Gasteiger partial charge in [-0.15, -0.1) is 0 Å². The van der Waals surface area contributed by atoms with Crippen LogP contribution < -0.4 is 0 Å². The van der Waals surface area contributed by atoms with Crippen LogP contribution >= 0.6 is 0 Å². The maximum atomic E-state index is 12.2. The van der Waals surface area contributed by atoms with E-state index < -0.39 is 0 Å². The van der Waals surface area contributed by atoms with Crippen molar-refractivity contribution in [3.63, 3.8) is 0 Å². The highest BCUT2D eigenvalue weighted by atomic mass is 16.5. The predicted molar refractivity (Wildman–Crippen MR) is 64.2 cm³/mol. The lowest BCUT2D eigenvalue weighted by atomic mass is 9.76. The van der Waals surface area contributed by atoms with E-state index in [0.29, 0.717) is 0 Å². The fraction of sp³-hybridized carbons (Fsp3) is 0.929. The Hall–Kier alpha value is -0.530. The molecule has 0 N–H and O–H groups in total. The van der Waals surface area contributed by atoms with Gasteiger partial charge in [0.05, 0.1) is 5.41 Å². The molecule has 0 unspecified atom stereocenters. The molecule has 2 fully saturated rings. The molecular formula is C14H24O2. The number of hydrogen-bond acceptors (Lipinski definition) is 2. The van der Waals surface area contributed by atoms with Crippen molar-refractivity contribution in [2.45, 2.75) is 77.2 Å². The average Bonchev–Trinajstić information content (AvgIpc) is 2.31. The van der Waals surface area contributed by atoms with Crippen LogP contribution in [-0.4, -0.2) is 12.1 Å². The molecule has 0 spiro atoms. The van der Waals surface area contributed by atoms with Gasteiger partial charge in [-0.25, -0.2) is 0 Å². The fourth-order valence-corrected chi connectivity index (χ4v) is 3.01. The smallest absolute Gasteiger partial charge is 0.312 e. The molecule has 2 heteroatoms. The van der Waals surface area contributed by atoms with Gasteiger partial charge in [-0.1, -0.05) is 25.7 Å². The highest BCUT2D eigenvalue weighted by Gasteiger charge is 2.37. The molecule has 0 atom stereocenters. The largest absolute Gasteiger partial charge is 0.462 e. The van der Waals surface area contributed by atoms with Crippen LogP contribution in [0.3, 0.4) is 0 Å². The van der Waals surface area contributed by atoms with Crippen molar-refractivity contribution in [2.75, 3.05) is 0 Å². The van der Waals surface area contributed by atoms with Gasteiger partial charge in [0.1, 0.15) is 6.10 Å². The van der Waals surface area contributed by atoms with Crippen molar-refractivity contribution in [3.8, 4) is 0 Å². The molecule has 0 aromatic heterocycles. The number of carbonyl (C=O) groups is 1. The maximum Gasteiger partial charge on any atom is 0.312 e. The minimum atomic E-state index is -0.171. The molecule has 0 radical (unpaired) electrons. The van der Waals surface area contributed by atoms with Crippen LogP contribution in [0.5, 0.6) is 0 Å². The molecule has 0 aliphatic heterocycles. The van der Waals surface area contributed by atoms with E-state index in [4.69, 9.17) is 4.74 Å². The second-order valence-corrected chi connectivity index (χ2v) is 5.79. The van der Waals surface area contributed by atoms with Crippen molar-refractivity contribution >= 4 is 5.97 Å². The third kappa shape index (κ3) is 2.78. The first kappa shape index (κ1) is 11.9. The summed E-state index contributed by atoms with van der Waals surface area (Å²) >= 11 is 0. The normalized spacial score (nSPS) is 26.3. The second-order valence-electron chi connectivity index (χ2n) is 5.79. The first-order chi connectivity index (χ1) is 7.71. The zero-order valence-electron chi connectivity index (χ0n) is 10.5. The molecule has 16 heavy (non-hydrogen) atoms. The lowest BCUT2D eigenvalue weighted by molar-refractivity contribution is -0.164. The van der Waals surface area contributed by atoms with Gasteiger partial charge in [0, 0.05) is 0 Å². The van der Waals surface area contributed by atoms with Gasteiger partial charge in [-0.2, -0.15) is 0 Å². The summed E-state index contributed by atoms with van der Waals surface area (Å²) in [5.74, 6) is 0.0825. The monoisotopic (exact) mass is 224 g/mol. The lowest BCUT2D eigenvalue weighted by Gasteiger charge is -2.33. The molecule has 2 rings (SSSR count). The van der Waals surface area contributed by atoms with Gasteiger partial charge >= 0.3 is 5.97 Å². The van der Waals surface area contributed by atoms with Gasteiger partial charge in [0.2, 0.25) is 0 Å². The van der Waals surface area contributed by atoms with E-state index in [1.54, 1.807) is 0 Å². The summed E-state index contributed by atoms with van der Waals surface area (Å²) in [6.07, 6.45) is 11.9. The predicted octanol–water partition coefficient (Wildman–Crippen LogP) is 3.83. The quantitative estimate of drug-likeness (QED) is 0.666. The lowest BCUT2D eigenvalue weighted by Crippen LogP contribution is -2.35. The molecule has 2 nitrogen and oxygen atoms in total. The van der Waals surface area contributed by atoms with E-state index in [1.165, 1.54) is 38.5 Å². The fourth-order valence-electron chi connectivity index (χ4n) is 3.01. The van der Waals surface area contributed by atoms with Crippen LogP contribution in [0.15, 0.2) is 0 Å². The first-order valence-corrected chi connectivity index (χ1v) is 6.92. The number of carbonyl (C=O) groups excluding carboxylic acids is 1. The van der Waals surface area contributed by atoms with Crippen molar-refractivity contribution in [3.05, 3.63) is 0 Å². The van der Waals surface area contributed by atoms with Crippen molar-refractivity contribution in [1.29, 1.82) is 0 Å². The second kappa shape index (κ2) is 5.20. The Labute approximate surface area is 98.7 Å². The van der Waals surface area contributed by atoms with Gasteiger partial charge in [0.15, 0.2) is 0 Å². The first-order valence-electron chi connectivity index (χ1n) is 6.92. The number of rotatable bonds is 2. The number of hydrogen-bond donors (Lipinski definition) is 0. The van der Waals surface area contributed by atoms with Gasteiger partial charge in [-0.3, -0.25) is 4.79 Å². The van der Waals surface area contributed by atoms with Gasteiger partial charge in [0.25, 0.3) is 0 Å². The van der Waals surface area contributed by atoms with E-state index in [0.717, 1.165) is 25.7 Å². The minimum Gasteiger partial charge on any atom is -0.462 e. The molecule has 2 aliphatic carbocycles. The van der Waals surface area contributed by atoms with Crippen molar-refractivity contribution in [1.82, 2.24) is 0 Å². The molecular weight excluding hydrogens is 200 g/mol. The van der Waals surface area contributed by atoms with E-state index in [1.807, 2.05) is 0 Å². The summed E-state index contributed by atoms with van der Waals surface area (Å²) in [6, 6.07) is 0. The Morgan fingerprint density at radius 3 is 2.19 bits per heavy atom. The standard InChI is InChI=1S/C14H24O2/c1-14(10-6-3-7-11-14)13(15)16-12-8-4-2-5-9-12/h12H,2-11H2,1H3. The van der Waals surface area contributed by atoms with Crippen LogP contribution in [-0.2, 0) is 9.53 Å². The minimum absolute atomic E-state index is 0.0825. The summed E-state index contributed by atoms with van der Waals surface area (Å²) in [7, 11) is 0. The molecule has 0 aromatic rings. The summed E-state index contributed by atoms with van der Waals surface area (Å²) in [5, 5.41) is 0. The van der Waals surface area contributed by atoms with E-state index in [9.17, 15) is 4.79 Å². The zero-order valence-corrected chi connectivity index (χ0v) is 10.5. The molecule has 0 heterocycles. The van der Waals surface area contributed by atoms with Crippen molar-refractivity contribution in [2.24, 2.45) is 5.41 Å². The Kier molecular flexibility index (Phi) is 3.88. The van der Waals surface area contributed by atoms with Gasteiger partial charge in [-0.05, 0) is 45.4 Å². The summed E-state index contributed by atoms with van der Waals surface area (Å²) < 4.78 is 5.69. The highest BCUT2D eigenvalue weighted by molar-refractivity contribution is 5.76. The van der Waals surface area contributed by atoms with Crippen LogP contribution in [0.25, 0.3) is 0 Å². The van der Waals surface area contributed by atoms with Crippen LogP contribution in [0.1, 0.15) is 71.1 Å². The summed E-state index contributed by atoms with van der Waals surface area (Å²) in [5.41, 5.74) is -0.171. The Morgan fingerprint density at radius 1 is 1.00 bits per heavy atom. The zero-order chi connectivity index (χ0) is 11.4. The van der Waals surface area contributed by atoms with E-state index in [2.05, 4.69) is 6.92 Å². The Bertz CT molecular complexity index is 235.